The lowest BCUT2D eigenvalue weighted by atomic mass is 10.1. The van der Waals surface area contributed by atoms with E-state index in [1.807, 2.05) is 11.4 Å². The number of hydrogen-bond acceptors (Lipinski definition) is 4. The van der Waals surface area contributed by atoms with Crippen LogP contribution in [-0.4, -0.2) is 23.5 Å². The molecule has 0 saturated carbocycles. The minimum atomic E-state index is -0.0293. The van der Waals surface area contributed by atoms with Crippen molar-refractivity contribution in [1.29, 1.82) is 0 Å². The van der Waals surface area contributed by atoms with Gasteiger partial charge in [-0.2, -0.15) is 0 Å². The number of thiazole rings is 1. The van der Waals surface area contributed by atoms with Gasteiger partial charge in [0, 0.05) is 22.7 Å². The third-order valence-electron chi connectivity index (χ3n) is 4.76. The van der Waals surface area contributed by atoms with Gasteiger partial charge in [0.2, 0.25) is 5.91 Å². The van der Waals surface area contributed by atoms with Crippen LogP contribution in [0.4, 0.5) is 10.8 Å². The molecular formula is C21H21N3OS. The topological polar surface area (TPSA) is 45.2 Å². The van der Waals surface area contributed by atoms with E-state index < -0.39 is 0 Å². The molecular weight excluding hydrogens is 342 g/mol. The number of nitrogens with one attached hydrogen (secondary N) is 1. The summed E-state index contributed by atoms with van der Waals surface area (Å²) in [6.07, 6.45) is 0.984. The molecule has 1 unspecified atom stereocenters. The highest BCUT2D eigenvalue weighted by Crippen LogP contribution is 2.31. The molecule has 1 N–H and O–H groups in total. The molecule has 1 aliphatic rings. The van der Waals surface area contributed by atoms with E-state index in [1.165, 1.54) is 22.5 Å². The fourth-order valence-electron chi connectivity index (χ4n) is 3.37. The summed E-state index contributed by atoms with van der Waals surface area (Å²) >= 11 is 1.46. The molecule has 3 aromatic rings. The van der Waals surface area contributed by atoms with Crippen LogP contribution in [0.25, 0.3) is 11.3 Å². The fraction of sp³-hybridized carbons (Fsp3) is 0.238. The molecule has 0 spiro atoms. The normalized spacial score (nSPS) is 15.8. The van der Waals surface area contributed by atoms with Gasteiger partial charge >= 0.3 is 0 Å². The summed E-state index contributed by atoms with van der Waals surface area (Å²) in [6, 6.07) is 16.9. The number of aryl methyl sites for hydroxylation is 1. The first-order valence-electron chi connectivity index (χ1n) is 8.77. The Morgan fingerprint density at radius 1 is 1.23 bits per heavy atom. The number of carbonyl (C=O) groups is 1. The van der Waals surface area contributed by atoms with Crippen molar-refractivity contribution in [2.24, 2.45) is 0 Å². The van der Waals surface area contributed by atoms with E-state index in [4.69, 9.17) is 0 Å². The molecule has 0 radical (unpaired) electrons. The lowest BCUT2D eigenvalue weighted by molar-refractivity contribution is -0.115. The summed E-state index contributed by atoms with van der Waals surface area (Å²) in [7, 11) is 0. The lowest BCUT2D eigenvalue weighted by Crippen LogP contribution is -2.37. The number of aromatic nitrogens is 1. The van der Waals surface area contributed by atoms with Crippen LogP contribution >= 0.6 is 11.3 Å². The van der Waals surface area contributed by atoms with E-state index in [0.717, 1.165) is 23.4 Å². The van der Waals surface area contributed by atoms with Gasteiger partial charge in [0.05, 0.1) is 12.2 Å². The zero-order chi connectivity index (χ0) is 18.1. The van der Waals surface area contributed by atoms with Crippen molar-refractivity contribution >= 4 is 28.1 Å². The Labute approximate surface area is 157 Å². The Kier molecular flexibility index (Phi) is 4.47. The van der Waals surface area contributed by atoms with Crippen molar-refractivity contribution in [1.82, 2.24) is 4.98 Å². The predicted molar refractivity (Wildman–Crippen MR) is 108 cm³/mol. The zero-order valence-corrected chi connectivity index (χ0v) is 15.7. The number of hydrogen-bond donors (Lipinski definition) is 1. The highest BCUT2D eigenvalue weighted by Gasteiger charge is 2.27. The summed E-state index contributed by atoms with van der Waals surface area (Å²) in [6.45, 7) is 4.57. The monoisotopic (exact) mass is 363 g/mol. The highest BCUT2D eigenvalue weighted by atomic mass is 32.1. The maximum atomic E-state index is 12.5. The molecule has 0 aliphatic carbocycles. The van der Waals surface area contributed by atoms with Crippen molar-refractivity contribution in [2.75, 3.05) is 16.8 Å². The van der Waals surface area contributed by atoms with Crippen molar-refractivity contribution in [2.45, 2.75) is 26.3 Å². The number of amides is 1. The molecule has 2 aromatic carbocycles. The Bertz CT molecular complexity index is 932. The number of nitrogens with zero attached hydrogens (tertiary/aromatic N) is 2. The van der Waals surface area contributed by atoms with Gasteiger partial charge in [-0.25, -0.2) is 4.98 Å². The van der Waals surface area contributed by atoms with Gasteiger partial charge in [-0.3, -0.25) is 4.79 Å². The number of benzene rings is 2. The maximum Gasteiger partial charge on any atom is 0.245 e. The molecule has 5 heteroatoms. The average molecular weight is 363 g/mol. The molecule has 1 atom stereocenters. The van der Waals surface area contributed by atoms with Crippen LogP contribution in [0, 0.1) is 6.92 Å². The number of carbonyl (C=O) groups excluding carboxylic acids is 1. The smallest absolute Gasteiger partial charge is 0.245 e. The van der Waals surface area contributed by atoms with Crippen LogP contribution in [0.5, 0.6) is 0 Å². The molecule has 4 rings (SSSR count). The van der Waals surface area contributed by atoms with Crippen molar-refractivity contribution in [3.05, 3.63) is 65.0 Å². The minimum Gasteiger partial charge on any atom is -0.359 e. The van der Waals surface area contributed by atoms with Crippen LogP contribution in [0.15, 0.2) is 53.9 Å². The predicted octanol–water partition coefficient (Wildman–Crippen LogP) is 4.51. The van der Waals surface area contributed by atoms with E-state index in [-0.39, 0.29) is 5.91 Å². The molecule has 1 aromatic heterocycles. The Hall–Kier alpha value is -2.66. The van der Waals surface area contributed by atoms with E-state index in [9.17, 15) is 4.79 Å². The third kappa shape index (κ3) is 3.35. The Balaban J connectivity index is 1.44. The lowest BCUT2D eigenvalue weighted by Gasteiger charge is -2.23. The second-order valence-electron chi connectivity index (χ2n) is 6.76. The van der Waals surface area contributed by atoms with Crippen LogP contribution in [0.2, 0.25) is 0 Å². The van der Waals surface area contributed by atoms with Crippen LogP contribution < -0.4 is 10.2 Å². The maximum absolute atomic E-state index is 12.5. The zero-order valence-electron chi connectivity index (χ0n) is 14.9. The van der Waals surface area contributed by atoms with E-state index in [1.54, 1.807) is 0 Å². The van der Waals surface area contributed by atoms with Gasteiger partial charge in [-0.15, -0.1) is 11.3 Å². The molecule has 0 bridgehead atoms. The van der Waals surface area contributed by atoms with Gasteiger partial charge in [-0.05, 0) is 31.9 Å². The molecule has 26 heavy (non-hydrogen) atoms. The Morgan fingerprint density at radius 3 is 2.81 bits per heavy atom. The Morgan fingerprint density at radius 2 is 2.00 bits per heavy atom. The molecule has 2 heterocycles. The first kappa shape index (κ1) is 16.8. The molecule has 0 fully saturated rings. The fourth-order valence-corrected chi connectivity index (χ4v) is 4.11. The average Bonchev–Trinajstić information content (AvgIpc) is 3.21. The van der Waals surface area contributed by atoms with Crippen molar-refractivity contribution in [3.63, 3.8) is 0 Å². The summed E-state index contributed by atoms with van der Waals surface area (Å²) in [4.78, 5) is 19.3. The SMILES string of the molecule is Cc1ccc(-c2csc(NC(=O)CN3c4ccccc4CC3C)n2)cc1. The number of anilines is 2. The van der Waals surface area contributed by atoms with E-state index in [0.29, 0.717) is 17.7 Å². The highest BCUT2D eigenvalue weighted by molar-refractivity contribution is 7.14. The quantitative estimate of drug-likeness (QED) is 0.742. The minimum absolute atomic E-state index is 0.0293. The van der Waals surface area contributed by atoms with Gasteiger partial charge in [-0.1, -0.05) is 48.0 Å². The van der Waals surface area contributed by atoms with Crippen molar-refractivity contribution < 1.29 is 4.79 Å². The molecule has 1 aliphatic heterocycles. The summed E-state index contributed by atoms with van der Waals surface area (Å²) in [5.41, 5.74) is 5.65. The second kappa shape index (κ2) is 6.92. The number of para-hydroxylation sites is 1. The standard InChI is InChI=1S/C21H21N3OS/c1-14-7-9-16(10-8-14)18-13-26-21(22-18)23-20(25)12-24-15(2)11-17-5-3-4-6-19(17)24/h3-10,13,15H,11-12H2,1-2H3,(H,22,23,25). The first-order chi connectivity index (χ1) is 12.6. The summed E-state index contributed by atoms with van der Waals surface area (Å²) < 4.78 is 0. The summed E-state index contributed by atoms with van der Waals surface area (Å²) in [5.74, 6) is -0.0293. The molecule has 1 amide bonds. The first-order valence-corrected chi connectivity index (χ1v) is 9.65. The van der Waals surface area contributed by atoms with E-state index >= 15 is 0 Å². The van der Waals surface area contributed by atoms with Crippen LogP contribution in [-0.2, 0) is 11.2 Å². The van der Waals surface area contributed by atoms with Gasteiger partial charge in [0.25, 0.3) is 0 Å². The third-order valence-corrected chi connectivity index (χ3v) is 5.52. The molecule has 132 valence electrons. The van der Waals surface area contributed by atoms with Gasteiger partial charge in [0.1, 0.15) is 0 Å². The number of rotatable bonds is 4. The van der Waals surface area contributed by atoms with Crippen LogP contribution in [0.1, 0.15) is 18.1 Å². The van der Waals surface area contributed by atoms with Gasteiger partial charge < -0.3 is 10.2 Å². The number of fused-ring (bicyclic) bond motifs is 1. The molecule has 0 saturated heterocycles. The van der Waals surface area contributed by atoms with Crippen LogP contribution in [0.3, 0.4) is 0 Å². The second-order valence-corrected chi connectivity index (χ2v) is 7.62. The largest absolute Gasteiger partial charge is 0.359 e. The van der Waals surface area contributed by atoms with Gasteiger partial charge in [0.15, 0.2) is 5.13 Å². The molecule has 4 nitrogen and oxygen atoms in total. The van der Waals surface area contributed by atoms with Crippen molar-refractivity contribution in [3.8, 4) is 11.3 Å². The summed E-state index contributed by atoms with van der Waals surface area (Å²) in [5, 5.41) is 5.57. The van der Waals surface area contributed by atoms with E-state index in [2.05, 4.69) is 71.5 Å².